The average Bonchev–Trinajstić information content (AvgIpc) is 3.10. The van der Waals surface area contributed by atoms with Gasteiger partial charge in [-0.25, -0.2) is 4.39 Å². The molecule has 146 valence electrons. The number of benzene rings is 1. The minimum absolute atomic E-state index is 0.00881. The minimum atomic E-state index is -0.270. The number of carbonyl (C=O) groups excluding carboxylic acids is 1. The van der Waals surface area contributed by atoms with Crippen LogP contribution in [0.15, 0.2) is 28.7 Å². The third-order valence-corrected chi connectivity index (χ3v) is 4.81. The lowest BCUT2D eigenvalue weighted by Gasteiger charge is -2.30. The Balaban J connectivity index is 1.43. The first-order valence-electron chi connectivity index (χ1n) is 9.38. The van der Waals surface area contributed by atoms with Gasteiger partial charge in [0.15, 0.2) is 0 Å². The first-order chi connectivity index (χ1) is 12.8. The summed E-state index contributed by atoms with van der Waals surface area (Å²) in [4.78, 5) is 14.6. The quantitative estimate of drug-likeness (QED) is 0.871. The molecule has 27 heavy (non-hydrogen) atoms. The number of aromatic nitrogens is 2. The van der Waals surface area contributed by atoms with E-state index in [9.17, 15) is 9.18 Å². The van der Waals surface area contributed by atoms with Gasteiger partial charge in [0, 0.05) is 17.9 Å². The second-order valence-electron chi connectivity index (χ2n) is 8.15. The Morgan fingerprint density at radius 3 is 2.48 bits per heavy atom. The second kappa shape index (κ2) is 8.17. The molecule has 0 spiro atoms. The highest BCUT2D eigenvalue weighted by Crippen LogP contribution is 2.22. The number of halogens is 1. The first kappa shape index (κ1) is 19.5. The number of nitrogens with one attached hydrogen (secondary N) is 1. The minimum Gasteiger partial charge on any atom is -0.423 e. The lowest BCUT2D eigenvalue weighted by atomic mass is 9.96. The molecule has 2 aromatic rings. The fourth-order valence-electron chi connectivity index (χ4n) is 3.10. The summed E-state index contributed by atoms with van der Waals surface area (Å²) in [5.41, 5.74) is 0.745. The molecule has 1 aliphatic heterocycles. The second-order valence-corrected chi connectivity index (χ2v) is 8.15. The smallest absolute Gasteiger partial charge is 0.230 e. The van der Waals surface area contributed by atoms with Crippen LogP contribution in [0.1, 0.15) is 51.0 Å². The van der Waals surface area contributed by atoms with E-state index in [1.807, 2.05) is 20.8 Å². The van der Waals surface area contributed by atoms with Crippen molar-refractivity contribution in [3.8, 4) is 0 Å². The van der Waals surface area contributed by atoms with Gasteiger partial charge in [-0.15, -0.1) is 10.2 Å². The summed E-state index contributed by atoms with van der Waals surface area (Å²) >= 11 is 0. The molecule has 1 amide bonds. The molecule has 1 aliphatic rings. The fraction of sp³-hybridized carbons (Fsp3) is 0.550. The van der Waals surface area contributed by atoms with E-state index < -0.39 is 0 Å². The van der Waals surface area contributed by atoms with Crippen LogP contribution in [0.3, 0.4) is 0 Å². The van der Waals surface area contributed by atoms with Crippen molar-refractivity contribution in [2.75, 3.05) is 13.1 Å². The Kier molecular flexibility index (Phi) is 5.89. The number of hydrogen-bond donors (Lipinski definition) is 1. The summed E-state index contributed by atoms with van der Waals surface area (Å²) in [6.07, 6.45) is 1.60. The maximum atomic E-state index is 12.9. The van der Waals surface area contributed by atoms with Gasteiger partial charge in [-0.1, -0.05) is 32.9 Å². The van der Waals surface area contributed by atoms with Crippen LogP contribution in [0, 0.1) is 11.7 Å². The number of nitrogens with zero attached hydrogens (tertiary/aromatic N) is 3. The van der Waals surface area contributed by atoms with Gasteiger partial charge in [0.05, 0.1) is 6.54 Å². The van der Waals surface area contributed by atoms with Gasteiger partial charge in [0.2, 0.25) is 17.7 Å². The van der Waals surface area contributed by atoms with Crippen molar-refractivity contribution in [1.82, 2.24) is 20.4 Å². The van der Waals surface area contributed by atoms with Crippen molar-refractivity contribution in [3.05, 3.63) is 47.4 Å². The van der Waals surface area contributed by atoms with Gasteiger partial charge in [0.1, 0.15) is 5.82 Å². The fourth-order valence-corrected chi connectivity index (χ4v) is 3.10. The number of amides is 1. The number of rotatable bonds is 5. The van der Waals surface area contributed by atoms with Gasteiger partial charge >= 0.3 is 0 Å². The first-order valence-corrected chi connectivity index (χ1v) is 9.38. The molecule has 0 saturated carbocycles. The van der Waals surface area contributed by atoms with Gasteiger partial charge in [-0.3, -0.25) is 9.69 Å². The summed E-state index contributed by atoms with van der Waals surface area (Å²) in [6.45, 7) is 8.81. The zero-order valence-corrected chi connectivity index (χ0v) is 16.2. The molecule has 7 heteroatoms. The summed E-state index contributed by atoms with van der Waals surface area (Å²) < 4.78 is 18.7. The Hall–Kier alpha value is -2.28. The average molecular weight is 374 g/mol. The molecule has 0 aliphatic carbocycles. The zero-order chi connectivity index (χ0) is 19.4. The van der Waals surface area contributed by atoms with Crippen LogP contribution in [0.4, 0.5) is 4.39 Å². The molecule has 3 rings (SSSR count). The van der Waals surface area contributed by atoms with E-state index in [1.54, 1.807) is 12.1 Å². The van der Waals surface area contributed by atoms with Crippen molar-refractivity contribution in [1.29, 1.82) is 0 Å². The van der Waals surface area contributed by atoms with Crippen molar-refractivity contribution in [2.24, 2.45) is 5.92 Å². The molecule has 1 aromatic carbocycles. The Bertz CT molecular complexity index is 759. The summed E-state index contributed by atoms with van der Waals surface area (Å²) in [5, 5.41) is 11.2. The molecular formula is C20H27FN4O2. The molecule has 1 N–H and O–H groups in total. The third kappa shape index (κ3) is 5.35. The summed E-state index contributed by atoms with van der Waals surface area (Å²) in [6, 6.07) is 6.19. The number of carbonyl (C=O) groups is 1. The van der Waals surface area contributed by atoms with Crippen LogP contribution in [0.25, 0.3) is 0 Å². The van der Waals surface area contributed by atoms with Crippen LogP contribution in [-0.4, -0.2) is 34.1 Å². The monoisotopic (exact) mass is 374 g/mol. The molecule has 0 atom stereocenters. The van der Waals surface area contributed by atoms with E-state index in [1.165, 1.54) is 12.1 Å². The highest BCUT2D eigenvalue weighted by atomic mass is 19.1. The standard InChI is InChI=1S/C20H27FN4O2/c1-20(2,3)19-24-23-17(27-19)13-25-10-8-15(9-11-25)18(26)22-12-14-4-6-16(21)7-5-14/h4-7,15H,8-13H2,1-3H3,(H,22,26). The van der Waals surface area contributed by atoms with E-state index >= 15 is 0 Å². The van der Waals surface area contributed by atoms with E-state index in [-0.39, 0.29) is 23.1 Å². The summed E-state index contributed by atoms with van der Waals surface area (Å²) in [5.74, 6) is 1.07. The lowest BCUT2D eigenvalue weighted by Crippen LogP contribution is -2.40. The molecule has 1 saturated heterocycles. The van der Waals surface area contributed by atoms with Crippen LogP contribution < -0.4 is 5.32 Å². The molecule has 0 bridgehead atoms. The van der Waals surface area contributed by atoms with Gasteiger partial charge in [0.25, 0.3) is 0 Å². The Morgan fingerprint density at radius 2 is 1.89 bits per heavy atom. The summed E-state index contributed by atoms with van der Waals surface area (Å²) in [7, 11) is 0. The van der Waals surface area contributed by atoms with Crippen LogP contribution in [0.2, 0.25) is 0 Å². The van der Waals surface area contributed by atoms with E-state index in [2.05, 4.69) is 20.4 Å². The molecule has 1 fully saturated rings. The van der Waals surface area contributed by atoms with Crippen LogP contribution in [-0.2, 0) is 23.3 Å². The molecule has 0 unspecified atom stereocenters. The van der Waals surface area contributed by atoms with Crippen LogP contribution >= 0.6 is 0 Å². The molecule has 2 heterocycles. The zero-order valence-electron chi connectivity index (χ0n) is 16.2. The van der Waals surface area contributed by atoms with E-state index in [0.29, 0.717) is 24.9 Å². The van der Waals surface area contributed by atoms with Gasteiger partial charge in [-0.2, -0.15) is 0 Å². The number of piperidine rings is 1. The maximum Gasteiger partial charge on any atom is 0.230 e. The van der Waals surface area contributed by atoms with Gasteiger partial charge < -0.3 is 9.73 Å². The maximum absolute atomic E-state index is 12.9. The van der Waals surface area contributed by atoms with Gasteiger partial charge in [-0.05, 0) is 43.6 Å². The van der Waals surface area contributed by atoms with E-state index in [4.69, 9.17) is 4.42 Å². The molecule has 6 nitrogen and oxygen atoms in total. The highest BCUT2D eigenvalue weighted by Gasteiger charge is 2.27. The third-order valence-electron chi connectivity index (χ3n) is 4.81. The van der Waals surface area contributed by atoms with Crippen molar-refractivity contribution in [3.63, 3.8) is 0 Å². The SMILES string of the molecule is CC(C)(C)c1nnc(CN2CCC(C(=O)NCc3ccc(F)cc3)CC2)o1. The Labute approximate surface area is 159 Å². The highest BCUT2D eigenvalue weighted by molar-refractivity contribution is 5.78. The van der Waals surface area contributed by atoms with Crippen molar-refractivity contribution < 1.29 is 13.6 Å². The normalized spacial score (nSPS) is 16.4. The van der Waals surface area contributed by atoms with Crippen molar-refractivity contribution >= 4 is 5.91 Å². The van der Waals surface area contributed by atoms with Crippen LogP contribution in [0.5, 0.6) is 0 Å². The molecule has 0 radical (unpaired) electrons. The molecular weight excluding hydrogens is 347 g/mol. The topological polar surface area (TPSA) is 71.3 Å². The Morgan fingerprint density at radius 1 is 1.22 bits per heavy atom. The number of hydrogen-bond acceptors (Lipinski definition) is 5. The largest absolute Gasteiger partial charge is 0.423 e. The van der Waals surface area contributed by atoms with Crippen molar-refractivity contribution in [2.45, 2.75) is 52.1 Å². The van der Waals surface area contributed by atoms with E-state index in [0.717, 1.165) is 31.5 Å². The predicted molar refractivity (Wildman–Crippen MR) is 99.2 cm³/mol. The predicted octanol–water partition coefficient (Wildman–Crippen LogP) is 3.03. The lowest BCUT2D eigenvalue weighted by molar-refractivity contribution is -0.126. The number of likely N-dealkylation sites (tertiary alicyclic amines) is 1. The molecule has 1 aromatic heterocycles.